The molecule has 0 aliphatic heterocycles. The number of phenolic OH excluding ortho intramolecular Hbond substituents is 1. The highest BCUT2D eigenvalue weighted by Gasteiger charge is 2.42. The Kier molecular flexibility index (Phi) is 1.57. The summed E-state index contributed by atoms with van der Waals surface area (Å²) in [5, 5.41) is 8.85. The van der Waals surface area contributed by atoms with E-state index in [1.54, 1.807) is 0 Å². The Morgan fingerprint density at radius 2 is 1.85 bits per heavy atom. The highest BCUT2D eigenvalue weighted by molar-refractivity contribution is 5.36. The van der Waals surface area contributed by atoms with Crippen LogP contribution in [0, 0.1) is 11.6 Å². The molecule has 1 fully saturated rings. The van der Waals surface area contributed by atoms with E-state index in [0.717, 1.165) is 12.1 Å². The van der Waals surface area contributed by atoms with Crippen LogP contribution in [0.4, 0.5) is 8.78 Å². The van der Waals surface area contributed by atoms with Gasteiger partial charge >= 0.3 is 0 Å². The second-order valence-electron chi connectivity index (χ2n) is 3.44. The average molecular weight is 185 g/mol. The van der Waals surface area contributed by atoms with Gasteiger partial charge in [0.25, 0.3) is 0 Å². The quantitative estimate of drug-likeness (QED) is 0.698. The summed E-state index contributed by atoms with van der Waals surface area (Å²) in [6, 6.07) is 1.73. The predicted molar refractivity (Wildman–Crippen MR) is 43.1 cm³/mol. The number of hydrogen-bond acceptors (Lipinski definition) is 2. The number of benzene rings is 1. The minimum absolute atomic E-state index is 0.155. The summed E-state index contributed by atoms with van der Waals surface area (Å²) in [6.07, 6.45) is 1.32. The van der Waals surface area contributed by atoms with Crippen molar-refractivity contribution in [2.45, 2.75) is 18.4 Å². The largest absolute Gasteiger partial charge is 0.505 e. The second kappa shape index (κ2) is 2.42. The third-order valence-electron chi connectivity index (χ3n) is 2.36. The molecule has 4 heteroatoms. The minimum Gasteiger partial charge on any atom is -0.505 e. The van der Waals surface area contributed by atoms with Gasteiger partial charge in [-0.1, -0.05) is 0 Å². The van der Waals surface area contributed by atoms with E-state index in [1.165, 1.54) is 0 Å². The lowest BCUT2D eigenvalue weighted by Crippen LogP contribution is -2.20. The van der Waals surface area contributed by atoms with Crippen LogP contribution in [0.25, 0.3) is 0 Å². The molecule has 0 radical (unpaired) electrons. The molecule has 0 amide bonds. The van der Waals surface area contributed by atoms with Crippen LogP contribution in [-0.2, 0) is 5.54 Å². The molecule has 2 nitrogen and oxygen atoms in total. The molecule has 0 saturated heterocycles. The number of halogens is 2. The molecule has 0 spiro atoms. The van der Waals surface area contributed by atoms with Crippen molar-refractivity contribution in [3.05, 3.63) is 29.3 Å². The van der Waals surface area contributed by atoms with E-state index in [-0.39, 0.29) is 5.56 Å². The van der Waals surface area contributed by atoms with Gasteiger partial charge < -0.3 is 10.8 Å². The van der Waals surface area contributed by atoms with Gasteiger partial charge in [-0.25, -0.2) is 8.78 Å². The zero-order valence-electron chi connectivity index (χ0n) is 6.85. The van der Waals surface area contributed by atoms with Crippen LogP contribution in [0.3, 0.4) is 0 Å². The molecular weight excluding hydrogens is 176 g/mol. The fraction of sp³-hybridized carbons (Fsp3) is 0.333. The van der Waals surface area contributed by atoms with Crippen LogP contribution in [0.5, 0.6) is 5.75 Å². The summed E-state index contributed by atoms with van der Waals surface area (Å²) in [6.45, 7) is 0. The lowest BCUT2D eigenvalue weighted by Gasteiger charge is -2.10. The lowest BCUT2D eigenvalue weighted by atomic mass is 10.0. The summed E-state index contributed by atoms with van der Waals surface area (Å²) in [5.74, 6) is -2.14. The molecule has 0 atom stereocenters. The summed E-state index contributed by atoms with van der Waals surface area (Å²) in [7, 11) is 0. The van der Waals surface area contributed by atoms with Crippen LogP contribution in [0.2, 0.25) is 0 Å². The highest BCUT2D eigenvalue weighted by Crippen LogP contribution is 2.44. The van der Waals surface area contributed by atoms with Gasteiger partial charge in [0.15, 0.2) is 11.6 Å². The molecule has 0 aromatic heterocycles. The Morgan fingerprint density at radius 1 is 1.23 bits per heavy atom. The smallest absolute Gasteiger partial charge is 0.165 e. The first kappa shape index (κ1) is 8.44. The van der Waals surface area contributed by atoms with Gasteiger partial charge in [0, 0.05) is 17.2 Å². The Balaban J connectivity index is 2.52. The van der Waals surface area contributed by atoms with E-state index in [4.69, 9.17) is 10.8 Å². The average Bonchev–Trinajstić information content (AvgIpc) is 2.77. The Labute approximate surface area is 74.0 Å². The molecule has 3 N–H and O–H groups in total. The molecule has 2 rings (SSSR count). The number of nitrogens with two attached hydrogens (primary N) is 1. The van der Waals surface area contributed by atoms with Crippen molar-refractivity contribution in [3.63, 3.8) is 0 Å². The molecule has 1 aromatic rings. The van der Waals surface area contributed by atoms with Crippen LogP contribution >= 0.6 is 0 Å². The van der Waals surface area contributed by atoms with E-state index >= 15 is 0 Å². The summed E-state index contributed by atoms with van der Waals surface area (Å²) < 4.78 is 26.0. The fourth-order valence-electron chi connectivity index (χ4n) is 1.32. The summed E-state index contributed by atoms with van der Waals surface area (Å²) in [5.41, 5.74) is 5.15. The zero-order chi connectivity index (χ0) is 9.64. The maximum atomic E-state index is 13.2. The fourth-order valence-corrected chi connectivity index (χ4v) is 1.32. The van der Waals surface area contributed by atoms with Crippen molar-refractivity contribution in [1.29, 1.82) is 0 Å². The van der Waals surface area contributed by atoms with Crippen molar-refractivity contribution >= 4 is 0 Å². The van der Waals surface area contributed by atoms with E-state index in [1.807, 2.05) is 0 Å². The number of phenols is 1. The third kappa shape index (κ3) is 1.27. The third-order valence-corrected chi connectivity index (χ3v) is 2.36. The van der Waals surface area contributed by atoms with Crippen LogP contribution in [0.1, 0.15) is 18.4 Å². The molecule has 0 unspecified atom stereocenters. The molecule has 1 saturated carbocycles. The van der Waals surface area contributed by atoms with Crippen LogP contribution in [-0.4, -0.2) is 5.11 Å². The van der Waals surface area contributed by atoms with Gasteiger partial charge in [-0.3, -0.25) is 0 Å². The van der Waals surface area contributed by atoms with E-state index < -0.39 is 22.9 Å². The second-order valence-corrected chi connectivity index (χ2v) is 3.44. The van der Waals surface area contributed by atoms with Gasteiger partial charge in [-0.05, 0) is 18.9 Å². The number of aromatic hydroxyl groups is 1. The zero-order valence-corrected chi connectivity index (χ0v) is 6.85. The molecule has 1 aromatic carbocycles. The van der Waals surface area contributed by atoms with E-state index in [2.05, 4.69) is 0 Å². The monoisotopic (exact) mass is 185 g/mol. The minimum atomic E-state index is -0.826. The summed E-state index contributed by atoms with van der Waals surface area (Å²) in [4.78, 5) is 0. The van der Waals surface area contributed by atoms with Gasteiger partial charge in [0.1, 0.15) is 5.82 Å². The van der Waals surface area contributed by atoms with Crippen molar-refractivity contribution < 1.29 is 13.9 Å². The molecule has 0 heterocycles. The first-order chi connectivity index (χ1) is 6.03. The Morgan fingerprint density at radius 3 is 2.38 bits per heavy atom. The van der Waals surface area contributed by atoms with Crippen molar-refractivity contribution in [3.8, 4) is 5.75 Å². The first-order valence-corrected chi connectivity index (χ1v) is 4.00. The van der Waals surface area contributed by atoms with Crippen LogP contribution < -0.4 is 5.73 Å². The van der Waals surface area contributed by atoms with E-state index in [0.29, 0.717) is 12.8 Å². The SMILES string of the molecule is NC1(c2cc(F)c(O)cc2F)CC1. The molecule has 1 aliphatic carbocycles. The van der Waals surface area contributed by atoms with Crippen molar-refractivity contribution in [2.75, 3.05) is 0 Å². The topological polar surface area (TPSA) is 46.2 Å². The molecular formula is C9H9F2NO. The molecule has 0 bridgehead atoms. The maximum absolute atomic E-state index is 13.2. The van der Waals surface area contributed by atoms with Crippen LogP contribution in [0.15, 0.2) is 12.1 Å². The van der Waals surface area contributed by atoms with E-state index in [9.17, 15) is 8.78 Å². The number of rotatable bonds is 1. The Hall–Kier alpha value is -1.16. The Bertz CT molecular complexity index is 361. The van der Waals surface area contributed by atoms with Crippen molar-refractivity contribution in [1.82, 2.24) is 0 Å². The predicted octanol–water partition coefficient (Wildman–Crippen LogP) is 1.62. The standard InChI is InChI=1S/C9H9F2NO/c10-6-4-8(13)7(11)3-5(6)9(12)1-2-9/h3-4,13H,1-2,12H2. The van der Waals surface area contributed by atoms with Crippen molar-refractivity contribution in [2.24, 2.45) is 5.73 Å². The van der Waals surface area contributed by atoms with Gasteiger partial charge in [-0.15, -0.1) is 0 Å². The van der Waals surface area contributed by atoms with Gasteiger partial charge in [-0.2, -0.15) is 0 Å². The van der Waals surface area contributed by atoms with Gasteiger partial charge in [0.05, 0.1) is 0 Å². The highest BCUT2D eigenvalue weighted by atomic mass is 19.1. The first-order valence-electron chi connectivity index (χ1n) is 4.00. The number of hydrogen-bond donors (Lipinski definition) is 2. The molecule has 70 valence electrons. The normalized spacial score (nSPS) is 18.7. The molecule has 13 heavy (non-hydrogen) atoms. The maximum Gasteiger partial charge on any atom is 0.165 e. The van der Waals surface area contributed by atoms with Gasteiger partial charge in [0.2, 0.25) is 0 Å². The molecule has 1 aliphatic rings. The lowest BCUT2D eigenvalue weighted by molar-refractivity contribution is 0.423. The summed E-state index contributed by atoms with van der Waals surface area (Å²) >= 11 is 0.